The van der Waals surface area contributed by atoms with Crippen molar-refractivity contribution in [1.29, 1.82) is 0 Å². The van der Waals surface area contributed by atoms with Crippen molar-refractivity contribution in [3.05, 3.63) is 29.8 Å². The normalized spacial score (nSPS) is 10.6. The van der Waals surface area contributed by atoms with E-state index < -0.39 is 0 Å². The minimum absolute atomic E-state index is 0.0162. The molecule has 0 aromatic carbocycles. The van der Waals surface area contributed by atoms with Crippen LogP contribution in [0.1, 0.15) is 23.0 Å². The zero-order valence-corrected chi connectivity index (χ0v) is 7.48. The van der Waals surface area contributed by atoms with Crippen LogP contribution in [-0.2, 0) is 0 Å². The smallest absolute Gasteiger partial charge is 0.233 e. The molecule has 2 aromatic heterocycles. The Hall–Kier alpha value is -1.71. The number of rotatable bonds is 1. The summed E-state index contributed by atoms with van der Waals surface area (Å²) in [6.45, 7) is 3.45. The Kier molecular flexibility index (Phi) is 1.62. The summed E-state index contributed by atoms with van der Waals surface area (Å²) in [6, 6.07) is 0. The van der Waals surface area contributed by atoms with E-state index in [1.807, 2.05) is 6.92 Å². The molecule has 4 nitrogen and oxygen atoms in total. The van der Waals surface area contributed by atoms with Gasteiger partial charge in [-0.05, 0) is 13.8 Å². The first-order chi connectivity index (χ1) is 6.18. The van der Waals surface area contributed by atoms with E-state index in [1.165, 1.54) is 6.92 Å². The largest absolute Gasteiger partial charge is 0.294 e. The summed E-state index contributed by atoms with van der Waals surface area (Å²) in [7, 11) is 0. The first-order valence-corrected chi connectivity index (χ1v) is 3.99. The molecule has 0 bridgehead atoms. The average molecular weight is 175 g/mol. The lowest BCUT2D eigenvalue weighted by atomic mass is 10.2. The molecule has 0 spiro atoms. The highest BCUT2D eigenvalue weighted by molar-refractivity contribution is 5.93. The average Bonchev–Trinajstić information content (AvgIpc) is 2.47. The highest BCUT2D eigenvalue weighted by atomic mass is 16.1. The molecule has 0 radical (unpaired) electrons. The van der Waals surface area contributed by atoms with Crippen LogP contribution < -0.4 is 0 Å². The number of imidazole rings is 1. The highest BCUT2D eigenvalue weighted by Crippen LogP contribution is 2.05. The number of carbonyl (C=O) groups is 1. The van der Waals surface area contributed by atoms with E-state index >= 15 is 0 Å². The Morgan fingerprint density at radius 3 is 2.77 bits per heavy atom. The molecule has 0 N–H and O–H groups in total. The lowest BCUT2D eigenvalue weighted by molar-refractivity contribution is 0.101. The summed E-state index contributed by atoms with van der Waals surface area (Å²) >= 11 is 0. The molecule has 0 unspecified atom stereocenters. The molecule has 2 rings (SSSR count). The summed E-state index contributed by atoms with van der Waals surface area (Å²) in [6.07, 6.45) is 5.03. The predicted molar refractivity (Wildman–Crippen MR) is 47.7 cm³/mol. The van der Waals surface area contributed by atoms with Crippen molar-refractivity contribution in [2.75, 3.05) is 0 Å². The van der Waals surface area contributed by atoms with Crippen LogP contribution in [0, 0.1) is 6.92 Å². The van der Waals surface area contributed by atoms with Crippen LogP contribution in [0.15, 0.2) is 18.6 Å². The van der Waals surface area contributed by atoms with Gasteiger partial charge in [-0.15, -0.1) is 0 Å². The van der Waals surface area contributed by atoms with Crippen molar-refractivity contribution < 1.29 is 4.79 Å². The number of aromatic nitrogens is 3. The molecule has 0 fully saturated rings. The number of hydrogen-bond acceptors (Lipinski definition) is 3. The van der Waals surface area contributed by atoms with Gasteiger partial charge in [0.1, 0.15) is 0 Å². The first kappa shape index (κ1) is 7.91. The molecule has 0 atom stereocenters. The molecule has 2 aromatic rings. The zero-order valence-electron chi connectivity index (χ0n) is 7.48. The van der Waals surface area contributed by atoms with E-state index in [9.17, 15) is 4.79 Å². The molecule has 0 aliphatic rings. The minimum atomic E-state index is 0.0162. The number of carbonyl (C=O) groups excluding carboxylic acids is 1. The summed E-state index contributed by atoms with van der Waals surface area (Å²) < 4.78 is 1.80. The predicted octanol–water partition coefficient (Wildman–Crippen LogP) is 1.24. The topological polar surface area (TPSA) is 47.3 Å². The number of fused-ring (bicyclic) bond motifs is 1. The van der Waals surface area contributed by atoms with E-state index in [1.54, 1.807) is 23.0 Å². The molecule has 2 heterocycles. The SMILES string of the molecule is CC(=O)c1cnc2ncc(C)n2c1. The Labute approximate surface area is 75.2 Å². The number of ketones is 1. The fourth-order valence-electron chi connectivity index (χ4n) is 1.17. The van der Waals surface area contributed by atoms with Crippen molar-refractivity contribution in [3.63, 3.8) is 0 Å². The van der Waals surface area contributed by atoms with E-state index in [2.05, 4.69) is 9.97 Å². The number of nitrogens with zero attached hydrogens (tertiary/aromatic N) is 3. The maximum absolute atomic E-state index is 11.0. The summed E-state index contributed by atoms with van der Waals surface area (Å²) in [4.78, 5) is 19.2. The van der Waals surface area contributed by atoms with Gasteiger partial charge in [-0.3, -0.25) is 9.20 Å². The second-order valence-electron chi connectivity index (χ2n) is 2.97. The monoisotopic (exact) mass is 175 g/mol. The van der Waals surface area contributed by atoms with Crippen LogP contribution in [0.25, 0.3) is 5.78 Å². The third kappa shape index (κ3) is 1.20. The van der Waals surface area contributed by atoms with Crippen molar-refractivity contribution >= 4 is 11.6 Å². The van der Waals surface area contributed by atoms with Crippen LogP contribution in [0.2, 0.25) is 0 Å². The van der Waals surface area contributed by atoms with Crippen LogP contribution >= 0.6 is 0 Å². The van der Waals surface area contributed by atoms with Crippen LogP contribution in [-0.4, -0.2) is 20.2 Å². The molecule has 0 aliphatic carbocycles. The fourth-order valence-corrected chi connectivity index (χ4v) is 1.17. The Morgan fingerprint density at radius 1 is 1.38 bits per heavy atom. The summed E-state index contributed by atoms with van der Waals surface area (Å²) in [5.41, 5.74) is 1.58. The standard InChI is InChI=1S/C9H9N3O/c1-6-3-10-9-11-4-8(7(2)13)5-12(6)9/h3-5H,1-2H3. The molecular formula is C9H9N3O. The Balaban J connectivity index is 2.72. The zero-order chi connectivity index (χ0) is 9.42. The van der Waals surface area contributed by atoms with Gasteiger partial charge in [0.05, 0.1) is 11.8 Å². The van der Waals surface area contributed by atoms with Gasteiger partial charge in [0, 0.05) is 18.1 Å². The number of Topliss-reactive ketones (excluding diaryl/α,β-unsaturated/α-hetero) is 1. The Bertz CT molecular complexity index is 473. The Morgan fingerprint density at radius 2 is 2.08 bits per heavy atom. The first-order valence-electron chi connectivity index (χ1n) is 3.99. The van der Waals surface area contributed by atoms with Gasteiger partial charge in [0.15, 0.2) is 5.78 Å². The van der Waals surface area contributed by atoms with Gasteiger partial charge in [0.25, 0.3) is 0 Å². The van der Waals surface area contributed by atoms with Crippen molar-refractivity contribution in [2.24, 2.45) is 0 Å². The molecule has 0 saturated carbocycles. The second kappa shape index (κ2) is 2.65. The quantitative estimate of drug-likeness (QED) is 0.612. The highest BCUT2D eigenvalue weighted by Gasteiger charge is 2.03. The third-order valence-electron chi connectivity index (χ3n) is 1.96. The second-order valence-corrected chi connectivity index (χ2v) is 2.97. The van der Waals surface area contributed by atoms with E-state index in [0.717, 1.165) is 5.69 Å². The van der Waals surface area contributed by atoms with Crippen molar-refractivity contribution in [2.45, 2.75) is 13.8 Å². The lowest BCUT2D eigenvalue weighted by Crippen LogP contribution is -1.98. The van der Waals surface area contributed by atoms with Crippen molar-refractivity contribution in [1.82, 2.24) is 14.4 Å². The molecular weight excluding hydrogens is 166 g/mol. The van der Waals surface area contributed by atoms with Gasteiger partial charge in [-0.25, -0.2) is 9.97 Å². The van der Waals surface area contributed by atoms with Gasteiger partial charge in [-0.2, -0.15) is 0 Å². The molecule has 4 heteroatoms. The molecule has 13 heavy (non-hydrogen) atoms. The van der Waals surface area contributed by atoms with Crippen LogP contribution in [0.5, 0.6) is 0 Å². The van der Waals surface area contributed by atoms with Crippen molar-refractivity contribution in [3.8, 4) is 0 Å². The van der Waals surface area contributed by atoms with Crippen LogP contribution in [0.3, 0.4) is 0 Å². The molecule has 66 valence electrons. The van der Waals surface area contributed by atoms with E-state index in [0.29, 0.717) is 11.3 Å². The number of aryl methyl sites for hydroxylation is 1. The van der Waals surface area contributed by atoms with Gasteiger partial charge < -0.3 is 0 Å². The lowest BCUT2D eigenvalue weighted by Gasteiger charge is -1.97. The van der Waals surface area contributed by atoms with E-state index in [4.69, 9.17) is 0 Å². The molecule has 0 amide bonds. The van der Waals surface area contributed by atoms with E-state index in [-0.39, 0.29) is 5.78 Å². The molecule has 0 aliphatic heterocycles. The maximum Gasteiger partial charge on any atom is 0.233 e. The van der Waals surface area contributed by atoms with Gasteiger partial charge >= 0.3 is 0 Å². The maximum atomic E-state index is 11.0. The van der Waals surface area contributed by atoms with Gasteiger partial charge in [0.2, 0.25) is 5.78 Å². The summed E-state index contributed by atoms with van der Waals surface area (Å²) in [5.74, 6) is 0.644. The third-order valence-corrected chi connectivity index (χ3v) is 1.96. The molecule has 0 saturated heterocycles. The number of hydrogen-bond donors (Lipinski definition) is 0. The minimum Gasteiger partial charge on any atom is -0.294 e. The van der Waals surface area contributed by atoms with Crippen LogP contribution in [0.4, 0.5) is 0 Å². The van der Waals surface area contributed by atoms with Gasteiger partial charge in [-0.1, -0.05) is 0 Å². The summed E-state index contributed by atoms with van der Waals surface area (Å²) in [5, 5.41) is 0. The fraction of sp³-hybridized carbons (Fsp3) is 0.222.